The lowest BCUT2D eigenvalue weighted by Crippen LogP contribution is -2.36. The Kier molecular flexibility index (Phi) is 7.91. The molecular weight excluding hydrogens is 544 g/mol. The molecule has 1 unspecified atom stereocenters. The summed E-state index contributed by atoms with van der Waals surface area (Å²) >= 11 is 0. The highest BCUT2D eigenvalue weighted by atomic mass is 19.4. The van der Waals surface area contributed by atoms with Crippen LogP contribution in [0.3, 0.4) is 0 Å². The van der Waals surface area contributed by atoms with Gasteiger partial charge >= 0.3 is 12.4 Å². The van der Waals surface area contributed by atoms with E-state index in [1.165, 1.54) is 36.9 Å². The molecule has 0 amide bonds. The van der Waals surface area contributed by atoms with Crippen LogP contribution in [0.2, 0.25) is 0 Å². The van der Waals surface area contributed by atoms with Crippen molar-refractivity contribution in [2.24, 2.45) is 0 Å². The largest absolute Gasteiger partial charge is 0.418 e. The number of aromatic nitrogens is 3. The van der Waals surface area contributed by atoms with Crippen molar-refractivity contribution in [2.75, 3.05) is 12.4 Å². The second-order valence-corrected chi connectivity index (χ2v) is 10.4. The van der Waals surface area contributed by atoms with Crippen molar-refractivity contribution in [3.05, 3.63) is 77.7 Å². The van der Waals surface area contributed by atoms with Crippen LogP contribution in [-0.2, 0) is 12.4 Å². The monoisotopic (exact) mass is 573 g/mol. The molecule has 2 aromatic carbocycles. The molecule has 1 saturated carbocycles. The zero-order valence-electron chi connectivity index (χ0n) is 22.5. The summed E-state index contributed by atoms with van der Waals surface area (Å²) in [5.41, 5.74) is -0.841. The Hall–Kier alpha value is -3.73. The Bertz CT molecular complexity index is 1510. The summed E-state index contributed by atoms with van der Waals surface area (Å²) in [6, 6.07) is 11.6. The molecule has 2 aromatic heterocycles. The molecule has 2 heterocycles. The lowest BCUT2D eigenvalue weighted by Gasteiger charge is -2.35. The Labute approximate surface area is 233 Å². The van der Waals surface area contributed by atoms with Gasteiger partial charge in [0.1, 0.15) is 11.6 Å². The number of halogens is 6. The number of benzene rings is 2. The minimum absolute atomic E-state index is 0.216. The standard InChI is InChI=1S/C30H29F6N5/c1-18(41(2)22-7-4-3-5-8-22)27-39-25-17-19(26-24(30(34,35)36)9-6-16-37-26)10-15-23(25)28(40-27)38-21-13-11-20(12-14-21)29(31,32)33/h6,9-18,22H,3-5,7-8H2,1-2H3,(H,38,39,40). The number of nitrogens with zero attached hydrogens (tertiary/aromatic N) is 4. The highest BCUT2D eigenvalue weighted by Gasteiger charge is 2.34. The van der Waals surface area contributed by atoms with Crippen LogP contribution in [0, 0.1) is 0 Å². The van der Waals surface area contributed by atoms with Gasteiger partial charge in [0.25, 0.3) is 0 Å². The van der Waals surface area contributed by atoms with Crippen molar-refractivity contribution < 1.29 is 26.3 Å². The number of anilines is 2. The van der Waals surface area contributed by atoms with Crippen LogP contribution in [0.4, 0.5) is 37.8 Å². The van der Waals surface area contributed by atoms with Crippen molar-refractivity contribution in [2.45, 2.75) is 63.5 Å². The third-order valence-corrected chi connectivity index (χ3v) is 7.71. The summed E-state index contributed by atoms with van der Waals surface area (Å²) in [6.45, 7) is 1.97. The molecule has 0 aliphatic heterocycles. The van der Waals surface area contributed by atoms with Gasteiger partial charge in [-0.05, 0) is 75.3 Å². The SMILES string of the molecule is CC(c1nc(Nc2ccc(C(F)(F)F)cc2)c2ccc(-c3ncccc3C(F)(F)F)cc2n1)N(C)C1CCCCC1. The number of fused-ring (bicyclic) bond motifs is 1. The van der Waals surface area contributed by atoms with E-state index in [0.717, 1.165) is 43.9 Å². The van der Waals surface area contributed by atoms with Crippen molar-refractivity contribution in [1.29, 1.82) is 0 Å². The number of hydrogen-bond acceptors (Lipinski definition) is 5. The van der Waals surface area contributed by atoms with E-state index >= 15 is 0 Å². The van der Waals surface area contributed by atoms with E-state index in [9.17, 15) is 26.3 Å². The third kappa shape index (κ3) is 6.29. The zero-order valence-corrected chi connectivity index (χ0v) is 22.5. The fourth-order valence-electron chi connectivity index (χ4n) is 5.31. The third-order valence-electron chi connectivity index (χ3n) is 7.71. The van der Waals surface area contributed by atoms with Crippen LogP contribution in [0.25, 0.3) is 22.2 Å². The van der Waals surface area contributed by atoms with Crippen LogP contribution in [0.5, 0.6) is 0 Å². The maximum absolute atomic E-state index is 13.7. The molecule has 11 heteroatoms. The quantitative estimate of drug-likeness (QED) is 0.234. The van der Waals surface area contributed by atoms with Gasteiger partial charge in [-0.15, -0.1) is 0 Å². The van der Waals surface area contributed by atoms with Crippen LogP contribution >= 0.6 is 0 Å². The number of hydrogen-bond donors (Lipinski definition) is 1. The molecule has 1 fully saturated rings. The summed E-state index contributed by atoms with van der Waals surface area (Å²) in [7, 11) is 2.01. The molecule has 1 N–H and O–H groups in total. The highest BCUT2D eigenvalue weighted by Crippen LogP contribution is 2.38. The summed E-state index contributed by atoms with van der Waals surface area (Å²) in [5.74, 6) is 0.798. The van der Waals surface area contributed by atoms with E-state index in [-0.39, 0.29) is 17.3 Å². The second-order valence-electron chi connectivity index (χ2n) is 10.4. The van der Waals surface area contributed by atoms with E-state index in [4.69, 9.17) is 9.97 Å². The first-order valence-corrected chi connectivity index (χ1v) is 13.4. The van der Waals surface area contributed by atoms with Crippen LogP contribution in [0.15, 0.2) is 60.8 Å². The van der Waals surface area contributed by atoms with Crippen LogP contribution < -0.4 is 5.32 Å². The van der Waals surface area contributed by atoms with E-state index in [1.54, 1.807) is 12.1 Å². The van der Waals surface area contributed by atoms with Crippen LogP contribution in [-0.4, -0.2) is 32.9 Å². The summed E-state index contributed by atoms with van der Waals surface area (Å²) < 4.78 is 80.5. The van der Waals surface area contributed by atoms with E-state index in [1.807, 2.05) is 14.0 Å². The number of nitrogens with one attached hydrogen (secondary N) is 1. The molecule has 1 aliphatic rings. The topological polar surface area (TPSA) is 53.9 Å². The smallest absolute Gasteiger partial charge is 0.340 e. The molecule has 1 atom stereocenters. The molecule has 216 valence electrons. The van der Waals surface area contributed by atoms with Gasteiger partial charge in [-0.2, -0.15) is 26.3 Å². The Morgan fingerprint density at radius 1 is 0.878 bits per heavy atom. The lowest BCUT2D eigenvalue weighted by atomic mass is 9.93. The van der Waals surface area contributed by atoms with Crippen molar-refractivity contribution in [3.8, 4) is 11.3 Å². The number of alkyl halides is 6. The van der Waals surface area contributed by atoms with Gasteiger partial charge in [-0.1, -0.05) is 25.3 Å². The molecule has 41 heavy (non-hydrogen) atoms. The van der Waals surface area contributed by atoms with E-state index in [2.05, 4.69) is 15.2 Å². The van der Waals surface area contributed by atoms with Gasteiger partial charge in [-0.25, -0.2) is 9.97 Å². The fourth-order valence-corrected chi connectivity index (χ4v) is 5.31. The van der Waals surface area contributed by atoms with Gasteiger partial charge in [0.05, 0.1) is 28.4 Å². The minimum Gasteiger partial charge on any atom is -0.340 e. The van der Waals surface area contributed by atoms with E-state index < -0.39 is 23.5 Å². The molecule has 0 saturated heterocycles. The minimum atomic E-state index is -4.60. The lowest BCUT2D eigenvalue weighted by molar-refractivity contribution is -0.138. The van der Waals surface area contributed by atoms with Gasteiger partial charge in [0.15, 0.2) is 0 Å². The first-order chi connectivity index (χ1) is 19.4. The molecule has 0 spiro atoms. The first kappa shape index (κ1) is 28.8. The van der Waals surface area contributed by atoms with Crippen molar-refractivity contribution >= 4 is 22.4 Å². The predicted molar refractivity (Wildman–Crippen MR) is 146 cm³/mol. The average molecular weight is 574 g/mol. The molecule has 5 nitrogen and oxygen atoms in total. The van der Waals surface area contributed by atoms with E-state index in [0.29, 0.717) is 34.3 Å². The Morgan fingerprint density at radius 2 is 1.59 bits per heavy atom. The second kappa shape index (κ2) is 11.3. The van der Waals surface area contributed by atoms with Gasteiger partial charge in [0.2, 0.25) is 0 Å². The first-order valence-electron chi connectivity index (χ1n) is 13.4. The fraction of sp³-hybridized carbons (Fsp3) is 0.367. The Balaban J connectivity index is 1.59. The van der Waals surface area contributed by atoms with Crippen LogP contribution in [0.1, 0.15) is 62.0 Å². The summed E-state index contributed by atoms with van der Waals surface area (Å²) in [6.07, 6.45) is -2.19. The van der Waals surface area contributed by atoms with Gasteiger partial charge in [-0.3, -0.25) is 9.88 Å². The predicted octanol–water partition coefficient (Wildman–Crippen LogP) is 8.80. The van der Waals surface area contributed by atoms with Crippen molar-refractivity contribution in [3.63, 3.8) is 0 Å². The zero-order chi connectivity index (χ0) is 29.4. The van der Waals surface area contributed by atoms with Crippen molar-refractivity contribution in [1.82, 2.24) is 19.9 Å². The normalized spacial score (nSPS) is 15.8. The van der Waals surface area contributed by atoms with Gasteiger partial charge in [0, 0.05) is 28.9 Å². The summed E-state index contributed by atoms with van der Waals surface area (Å²) in [4.78, 5) is 15.8. The molecule has 0 bridgehead atoms. The molecule has 5 rings (SSSR count). The average Bonchev–Trinajstić information content (AvgIpc) is 2.96. The number of rotatable bonds is 6. The summed E-state index contributed by atoms with van der Waals surface area (Å²) in [5, 5.41) is 3.61. The van der Waals surface area contributed by atoms with Gasteiger partial charge < -0.3 is 5.32 Å². The highest BCUT2D eigenvalue weighted by molar-refractivity contribution is 5.93. The Morgan fingerprint density at radius 3 is 2.24 bits per heavy atom. The maximum Gasteiger partial charge on any atom is 0.418 e. The molecule has 1 aliphatic carbocycles. The number of pyridine rings is 1. The molecule has 0 radical (unpaired) electrons. The molecule has 4 aromatic rings. The molecular formula is C30H29F6N5. The maximum atomic E-state index is 13.7.